The lowest BCUT2D eigenvalue weighted by Crippen LogP contribution is -2.59. The van der Waals surface area contributed by atoms with Crippen LogP contribution in [-0.2, 0) is 16.6 Å². The first-order chi connectivity index (χ1) is 20.9. The maximum Gasteiger partial charge on any atom is 0.410 e. The molecule has 1 saturated carbocycles. The number of ether oxygens (including phenoxy) is 3. The Balaban J connectivity index is 1.37. The summed E-state index contributed by atoms with van der Waals surface area (Å²) in [5.74, 6) is 1.17. The Morgan fingerprint density at radius 1 is 1.16 bits per heavy atom. The molecular weight excluding hydrogens is 578 g/mol. The number of piperazine rings is 1. The number of thiophene rings is 1. The van der Waals surface area contributed by atoms with E-state index < -0.39 is 11.1 Å². The molecule has 10 nitrogen and oxygen atoms in total. The molecule has 3 aromatic rings. The van der Waals surface area contributed by atoms with E-state index in [1.54, 1.807) is 28.0 Å². The molecular formula is C33H39N5O5S. The van der Waals surface area contributed by atoms with Gasteiger partial charge < -0.3 is 28.9 Å². The third-order valence-electron chi connectivity index (χ3n) is 8.43. The predicted octanol–water partition coefficient (Wildman–Crippen LogP) is 5.57. The number of aryl methyl sites for hydroxylation is 1. The number of anilines is 1. The highest BCUT2D eigenvalue weighted by Gasteiger charge is 2.55. The molecule has 3 aliphatic rings. The smallest absolute Gasteiger partial charge is 0.410 e. The third-order valence-corrected chi connectivity index (χ3v) is 9.10. The number of carbonyl (C=O) groups excluding carboxylic acids is 2. The van der Waals surface area contributed by atoms with Gasteiger partial charge in [-0.1, -0.05) is 6.58 Å². The summed E-state index contributed by atoms with van der Waals surface area (Å²) in [6, 6.07) is 7.90. The van der Waals surface area contributed by atoms with E-state index in [0.717, 1.165) is 46.6 Å². The van der Waals surface area contributed by atoms with E-state index in [4.69, 9.17) is 14.2 Å². The average molecular weight is 618 g/mol. The number of rotatable bonds is 6. The van der Waals surface area contributed by atoms with Crippen molar-refractivity contribution in [2.24, 2.45) is 7.05 Å². The number of benzene rings is 1. The van der Waals surface area contributed by atoms with Crippen molar-refractivity contribution in [2.75, 3.05) is 45.3 Å². The average Bonchev–Trinajstić information content (AvgIpc) is 3.35. The normalized spacial score (nSPS) is 17.2. The van der Waals surface area contributed by atoms with Crippen LogP contribution in [0.3, 0.4) is 0 Å². The van der Waals surface area contributed by atoms with Gasteiger partial charge in [-0.15, -0.1) is 0 Å². The minimum Gasteiger partial charge on any atom is -0.496 e. The molecule has 1 aromatic carbocycles. The van der Waals surface area contributed by atoms with Crippen LogP contribution in [-0.4, -0.2) is 83.1 Å². The molecule has 2 amide bonds. The van der Waals surface area contributed by atoms with Gasteiger partial charge in [0.1, 0.15) is 23.7 Å². The van der Waals surface area contributed by atoms with Gasteiger partial charge in [-0.05, 0) is 57.2 Å². The number of nitrogens with zero attached hydrogens (tertiary/aromatic N) is 5. The summed E-state index contributed by atoms with van der Waals surface area (Å²) in [5, 5.41) is 8.72. The molecule has 4 heterocycles. The number of aromatic nitrogens is 2. The first-order valence-electron chi connectivity index (χ1n) is 14.7. The Hall–Kier alpha value is -4.25. The van der Waals surface area contributed by atoms with Crippen LogP contribution in [0.5, 0.6) is 11.5 Å². The Labute approximate surface area is 262 Å². The van der Waals surface area contributed by atoms with Gasteiger partial charge in [-0.2, -0.15) is 16.4 Å². The Bertz CT molecular complexity index is 1650. The maximum atomic E-state index is 14.3. The second-order valence-electron chi connectivity index (χ2n) is 12.6. The zero-order valence-corrected chi connectivity index (χ0v) is 27.0. The standard InChI is InChI=1S/C33H39N5O5S/c1-21(30(39)38-14-13-37(20-33(38)10-11-33)31(40)43-32(2,3)4)25-18-42-28-17-27(41-7)23(26-8-12-35(5)34-26)16-24(28)29(25)36(6)22-9-15-44-19-22/h8-9,12,15-17,19H,1,10-11,13-14,18,20H2,2-7H3. The molecule has 0 atom stereocenters. The summed E-state index contributed by atoms with van der Waals surface area (Å²) in [6.45, 7) is 11.4. The van der Waals surface area contributed by atoms with Crippen molar-refractivity contribution in [3.05, 3.63) is 64.5 Å². The lowest BCUT2D eigenvalue weighted by atomic mass is 9.93. The van der Waals surface area contributed by atoms with Crippen LogP contribution in [0.15, 0.2) is 58.9 Å². The lowest BCUT2D eigenvalue weighted by Gasteiger charge is -2.43. The molecule has 0 unspecified atom stereocenters. The summed E-state index contributed by atoms with van der Waals surface area (Å²) in [4.78, 5) is 32.9. The highest BCUT2D eigenvalue weighted by atomic mass is 32.1. The van der Waals surface area contributed by atoms with E-state index in [1.807, 2.05) is 75.6 Å². The first-order valence-corrected chi connectivity index (χ1v) is 15.7. The van der Waals surface area contributed by atoms with E-state index in [1.165, 1.54) is 0 Å². The zero-order valence-electron chi connectivity index (χ0n) is 26.2. The van der Waals surface area contributed by atoms with Crippen molar-refractivity contribution in [1.29, 1.82) is 0 Å². The van der Waals surface area contributed by atoms with Crippen LogP contribution in [0.2, 0.25) is 0 Å². The van der Waals surface area contributed by atoms with E-state index in [2.05, 4.69) is 22.0 Å². The highest BCUT2D eigenvalue weighted by Crippen LogP contribution is 2.48. The van der Waals surface area contributed by atoms with Gasteiger partial charge in [0.25, 0.3) is 5.91 Å². The molecule has 0 bridgehead atoms. The van der Waals surface area contributed by atoms with Gasteiger partial charge >= 0.3 is 6.09 Å². The number of fused-ring (bicyclic) bond motifs is 1. The van der Waals surface area contributed by atoms with Crippen LogP contribution in [0, 0.1) is 0 Å². The SMILES string of the molecule is C=C(C(=O)N1CCN(C(=O)OC(C)(C)C)CC12CC2)C1=C(N(C)c2ccsc2)c2cc(-c3ccn(C)n3)c(OC)cc2OC1. The van der Waals surface area contributed by atoms with E-state index in [0.29, 0.717) is 36.7 Å². The van der Waals surface area contributed by atoms with Gasteiger partial charge in [0.2, 0.25) is 0 Å². The monoisotopic (exact) mass is 617 g/mol. The second-order valence-corrected chi connectivity index (χ2v) is 13.4. The molecule has 2 aliphatic heterocycles. The van der Waals surface area contributed by atoms with E-state index in [-0.39, 0.29) is 18.6 Å². The Morgan fingerprint density at radius 3 is 2.55 bits per heavy atom. The molecule has 11 heteroatoms. The number of amides is 2. The van der Waals surface area contributed by atoms with Gasteiger partial charge in [0.15, 0.2) is 0 Å². The first kappa shape index (κ1) is 29.8. The van der Waals surface area contributed by atoms with E-state index >= 15 is 0 Å². The van der Waals surface area contributed by atoms with Crippen LogP contribution in [0.1, 0.15) is 39.2 Å². The van der Waals surface area contributed by atoms with Crippen LogP contribution < -0.4 is 14.4 Å². The molecule has 0 N–H and O–H groups in total. The van der Waals surface area contributed by atoms with Crippen molar-refractivity contribution in [1.82, 2.24) is 19.6 Å². The summed E-state index contributed by atoms with van der Waals surface area (Å²) >= 11 is 1.61. The van der Waals surface area contributed by atoms with Crippen molar-refractivity contribution in [3.8, 4) is 22.8 Å². The fourth-order valence-corrected chi connectivity index (χ4v) is 6.68. The predicted molar refractivity (Wildman–Crippen MR) is 171 cm³/mol. The lowest BCUT2D eigenvalue weighted by molar-refractivity contribution is -0.132. The Kier molecular flexibility index (Phi) is 7.47. The molecule has 232 valence electrons. The molecule has 1 aliphatic carbocycles. The van der Waals surface area contributed by atoms with Crippen LogP contribution >= 0.6 is 11.3 Å². The topological polar surface area (TPSA) is 89.4 Å². The summed E-state index contributed by atoms with van der Waals surface area (Å²) < 4.78 is 19.4. The number of hydrogen-bond donors (Lipinski definition) is 0. The minimum absolute atomic E-state index is 0.136. The second kappa shape index (κ2) is 11.0. The molecule has 0 radical (unpaired) electrons. The van der Waals surface area contributed by atoms with Crippen molar-refractivity contribution in [2.45, 2.75) is 44.8 Å². The number of carbonyl (C=O) groups is 2. The van der Waals surface area contributed by atoms with Crippen LogP contribution in [0.25, 0.3) is 17.0 Å². The molecule has 2 fully saturated rings. The zero-order chi connectivity index (χ0) is 31.4. The van der Waals surface area contributed by atoms with Gasteiger partial charge in [-0.3, -0.25) is 9.48 Å². The van der Waals surface area contributed by atoms with Crippen LogP contribution in [0.4, 0.5) is 10.5 Å². The van der Waals surface area contributed by atoms with Gasteiger partial charge in [0, 0.05) is 73.6 Å². The van der Waals surface area contributed by atoms with Gasteiger partial charge in [0.05, 0.1) is 29.7 Å². The van der Waals surface area contributed by atoms with Crippen molar-refractivity contribution >= 4 is 34.7 Å². The number of hydrogen-bond acceptors (Lipinski definition) is 8. The van der Waals surface area contributed by atoms with E-state index in [9.17, 15) is 9.59 Å². The Morgan fingerprint density at radius 2 is 1.93 bits per heavy atom. The van der Waals surface area contributed by atoms with Crippen molar-refractivity contribution in [3.63, 3.8) is 0 Å². The largest absolute Gasteiger partial charge is 0.496 e. The summed E-state index contributed by atoms with van der Waals surface area (Å²) in [6.07, 6.45) is 3.21. The van der Waals surface area contributed by atoms with Crippen molar-refractivity contribution < 1.29 is 23.8 Å². The molecule has 6 rings (SSSR count). The molecule has 44 heavy (non-hydrogen) atoms. The number of methoxy groups -OCH3 is 1. The summed E-state index contributed by atoms with van der Waals surface area (Å²) in [7, 11) is 5.51. The van der Waals surface area contributed by atoms with Gasteiger partial charge in [-0.25, -0.2) is 4.79 Å². The maximum absolute atomic E-state index is 14.3. The molecule has 2 aromatic heterocycles. The molecule has 1 saturated heterocycles. The quantitative estimate of drug-likeness (QED) is 0.335. The fourth-order valence-electron chi connectivity index (χ4n) is 6.01. The third kappa shape index (κ3) is 5.45. The minimum atomic E-state index is -0.579. The summed E-state index contributed by atoms with van der Waals surface area (Å²) in [5.41, 5.74) is 4.39. The highest BCUT2D eigenvalue weighted by molar-refractivity contribution is 7.08. The molecule has 1 spiro atoms. The fraction of sp³-hybridized carbons (Fsp3) is 0.424.